The normalized spacial score (nSPS) is 13.6. The lowest BCUT2D eigenvalue weighted by molar-refractivity contribution is 0.426. The minimum absolute atomic E-state index is 0.884. The van der Waals surface area contributed by atoms with Gasteiger partial charge in [-0.1, -0.05) is 68.8 Å². The largest absolute Gasteiger partial charge is 0.0928 e. The Bertz CT molecular complexity index is 99.3. The van der Waals surface area contributed by atoms with E-state index in [1.807, 2.05) is 0 Å². The molecule has 0 rings (SSSR count). The SMILES string of the molecule is CC(C)CCCC(C)CCCCBr. The monoisotopic (exact) mass is 248 g/mol. The second kappa shape index (κ2) is 9.05. The third kappa shape index (κ3) is 10.4. The van der Waals surface area contributed by atoms with Crippen molar-refractivity contribution in [3.63, 3.8) is 0 Å². The topological polar surface area (TPSA) is 0 Å². The van der Waals surface area contributed by atoms with E-state index in [1.165, 1.54) is 43.9 Å². The fraction of sp³-hybridized carbons (Fsp3) is 1.00. The first-order valence-electron chi connectivity index (χ1n) is 5.72. The molecule has 0 saturated heterocycles. The van der Waals surface area contributed by atoms with Gasteiger partial charge in [0.2, 0.25) is 0 Å². The zero-order chi connectivity index (χ0) is 10.1. The summed E-state index contributed by atoms with van der Waals surface area (Å²) in [4.78, 5) is 0. The van der Waals surface area contributed by atoms with Gasteiger partial charge in [0, 0.05) is 5.33 Å². The molecule has 0 aliphatic heterocycles. The predicted molar refractivity (Wildman–Crippen MR) is 65.5 cm³/mol. The van der Waals surface area contributed by atoms with E-state index in [0.29, 0.717) is 0 Å². The van der Waals surface area contributed by atoms with E-state index >= 15 is 0 Å². The molecule has 0 N–H and O–H groups in total. The van der Waals surface area contributed by atoms with Crippen LogP contribution in [-0.2, 0) is 0 Å². The number of hydrogen-bond acceptors (Lipinski definition) is 0. The number of halogens is 1. The smallest absolute Gasteiger partial charge is 0.00313 e. The molecule has 0 amide bonds. The average molecular weight is 249 g/mol. The number of alkyl halides is 1. The molecule has 0 heterocycles. The standard InChI is InChI=1S/C12H25Br/c1-11(2)7-6-9-12(3)8-4-5-10-13/h11-12H,4-10H2,1-3H3. The van der Waals surface area contributed by atoms with Gasteiger partial charge in [0.1, 0.15) is 0 Å². The van der Waals surface area contributed by atoms with Crippen molar-refractivity contribution < 1.29 is 0 Å². The molecule has 0 aliphatic carbocycles. The van der Waals surface area contributed by atoms with Gasteiger partial charge in [0.05, 0.1) is 0 Å². The van der Waals surface area contributed by atoms with E-state index in [2.05, 4.69) is 36.7 Å². The van der Waals surface area contributed by atoms with Crippen LogP contribution in [0.4, 0.5) is 0 Å². The third-order valence-corrected chi connectivity index (χ3v) is 3.12. The molecule has 0 fully saturated rings. The van der Waals surface area contributed by atoms with Crippen LogP contribution in [0.2, 0.25) is 0 Å². The Balaban J connectivity index is 3.15. The number of unbranched alkanes of at least 4 members (excludes halogenated alkanes) is 1. The van der Waals surface area contributed by atoms with E-state index in [9.17, 15) is 0 Å². The van der Waals surface area contributed by atoms with Gasteiger partial charge < -0.3 is 0 Å². The van der Waals surface area contributed by atoms with Gasteiger partial charge in [0.25, 0.3) is 0 Å². The van der Waals surface area contributed by atoms with Crippen LogP contribution in [-0.4, -0.2) is 5.33 Å². The molecule has 0 aromatic rings. The second-order valence-corrected chi connectivity index (χ2v) is 5.41. The first kappa shape index (κ1) is 13.5. The molecule has 0 aromatic carbocycles. The van der Waals surface area contributed by atoms with Gasteiger partial charge in [-0.25, -0.2) is 0 Å². The second-order valence-electron chi connectivity index (χ2n) is 4.61. The third-order valence-electron chi connectivity index (χ3n) is 2.56. The van der Waals surface area contributed by atoms with Crippen LogP contribution in [0.3, 0.4) is 0 Å². The number of hydrogen-bond donors (Lipinski definition) is 0. The average Bonchev–Trinajstić information content (AvgIpc) is 2.04. The van der Waals surface area contributed by atoms with Crippen LogP contribution in [0, 0.1) is 11.8 Å². The lowest BCUT2D eigenvalue weighted by Crippen LogP contribution is -1.96. The Morgan fingerprint density at radius 3 is 2.00 bits per heavy atom. The highest BCUT2D eigenvalue weighted by Gasteiger charge is 2.02. The summed E-state index contributed by atoms with van der Waals surface area (Å²) in [7, 11) is 0. The van der Waals surface area contributed by atoms with E-state index in [-0.39, 0.29) is 0 Å². The summed E-state index contributed by atoms with van der Waals surface area (Å²) >= 11 is 3.47. The van der Waals surface area contributed by atoms with Crippen molar-refractivity contribution in [1.29, 1.82) is 0 Å². The first-order valence-corrected chi connectivity index (χ1v) is 6.85. The lowest BCUT2D eigenvalue weighted by atomic mass is 9.96. The minimum atomic E-state index is 0.884. The molecule has 0 saturated carbocycles. The van der Waals surface area contributed by atoms with E-state index in [1.54, 1.807) is 0 Å². The lowest BCUT2D eigenvalue weighted by Gasteiger charge is -2.11. The van der Waals surface area contributed by atoms with Gasteiger partial charge >= 0.3 is 0 Å². The summed E-state index contributed by atoms with van der Waals surface area (Å²) in [5.74, 6) is 1.83. The van der Waals surface area contributed by atoms with Crippen molar-refractivity contribution in [3.05, 3.63) is 0 Å². The Labute approximate surface area is 92.6 Å². The van der Waals surface area contributed by atoms with Crippen molar-refractivity contribution in [2.24, 2.45) is 11.8 Å². The molecule has 1 heteroatoms. The summed E-state index contributed by atoms with van der Waals surface area (Å²) in [5, 5.41) is 1.17. The fourth-order valence-corrected chi connectivity index (χ4v) is 2.00. The fourth-order valence-electron chi connectivity index (χ4n) is 1.61. The van der Waals surface area contributed by atoms with Gasteiger partial charge in [-0.15, -0.1) is 0 Å². The molecule has 0 bridgehead atoms. The molecule has 0 spiro atoms. The van der Waals surface area contributed by atoms with Crippen molar-refractivity contribution in [3.8, 4) is 0 Å². The van der Waals surface area contributed by atoms with Gasteiger partial charge in [-0.3, -0.25) is 0 Å². The van der Waals surface area contributed by atoms with Gasteiger partial charge in [-0.2, -0.15) is 0 Å². The van der Waals surface area contributed by atoms with Crippen molar-refractivity contribution in [2.45, 2.75) is 59.3 Å². The van der Waals surface area contributed by atoms with E-state index < -0.39 is 0 Å². The highest BCUT2D eigenvalue weighted by atomic mass is 79.9. The Morgan fingerprint density at radius 1 is 0.846 bits per heavy atom. The summed E-state index contributed by atoms with van der Waals surface area (Å²) in [5.41, 5.74) is 0. The molecule has 0 nitrogen and oxygen atoms in total. The highest BCUT2D eigenvalue weighted by Crippen LogP contribution is 2.17. The maximum Gasteiger partial charge on any atom is 0.00313 e. The highest BCUT2D eigenvalue weighted by molar-refractivity contribution is 9.09. The molecular formula is C12H25Br. The maximum absolute atomic E-state index is 3.47. The zero-order valence-corrected chi connectivity index (χ0v) is 11.1. The van der Waals surface area contributed by atoms with Crippen LogP contribution in [0.5, 0.6) is 0 Å². The maximum atomic E-state index is 3.47. The van der Waals surface area contributed by atoms with Gasteiger partial charge in [-0.05, 0) is 18.3 Å². The van der Waals surface area contributed by atoms with Crippen LogP contribution >= 0.6 is 15.9 Å². The summed E-state index contributed by atoms with van der Waals surface area (Å²) in [6.07, 6.45) is 8.42. The molecule has 13 heavy (non-hydrogen) atoms. The Kier molecular flexibility index (Phi) is 9.39. The number of rotatable bonds is 8. The van der Waals surface area contributed by atoms with Crippen LogP contribution in [0.25, 0.3) is 0 Å². The predicted octanol–water partition coefficient (Wildman–Crippen LogP) is 5.01. The quantitative estimate of drug-likeness (QED) is 0.419. The molecule has 80 valence electrons. The van der Waals surface area contributed by atoms with Crippen LogP contribution in [0.1, 0.15) is 59.3 Å². The van der Waals surface area contributed by atoms with Gasteiger partial charge in [0.15, 0.2) is 0 Å². The molecule has 0 aromatic heterocycles. The van der Waals surface area contributed by atoms with E-state index in [0.717, 1.165) is 11.8 Å². The van der Waals surface area contributed by atoms with Crippen molar-refractivity contribution in [2.75, 3.05) is 5.33 Å². The van der Waals surface area contributed by atoms with Crippen molar-refractivity contribution in [1.82, 2.24) is 0 Å². The van der Waals surface area contributed by atoms with Crippen molar-refractivity contribution >= 4 is 15.9 Å². The molecule has 0 aliphatic rings. The molecule has 1 atom stereocenters. The van der Waals surface area contributed by atoms with Crippen LogP contribution in [0.15, 0.2) is 0 Å². The Morgan fingerprint density at radius 2 is 1.46 bits per heavy atom. The minimum Gasteiger partial charge on any atom is -0.0928 e. The molecular weight excluding hydrogens is 224 g/mol. The summed E-state index contributed by atoms with van der Waals surface area (Å²) in [6.45, 7) is 7.03. The van der Waals surface area contributed by atoms with E-state index in [4.69, 9.17) is 0 Å². The Hall–Kier alpha value is 0.480. The first-order chi connectivity index (χ1) is 6.16. The summed E-state index contributed by atoms with van der Waals surface area (Å²) < 4.78 is 0. The summed E-state index contributed by atoms with van der Waals surface area (Å²) in [6, 6.07) is 0. The zero-order valence-electron chi connectivity index (χ0n) is 9.48. The van der Waals surface area contributed by atoms with Crippen LogP contribution < -0.4 is 0 Å². The molecule has 1 unspecified atom stereocenters. The molecule has 0 radical (unpaired) electrons.